The zero-order valence-corrected chi connectivity index (χ0v) is 10.3. The molecule has 0 aliphatic heterocycles. The van der Waals surface area contributed by atoms with Gasteiger partial charge in [0.25, 0.3) is 5.91 Å². The maximum absolute atomic E-state index is 11.9. The molecule has 1 amide bonds. The summed E-state index contributed by atoms with van der Waals surface area (Å²) in [5.41, 5.74) is 0.458. The molecule has 1 aromatic rings. The Morgan fingerprint density at radius 2 is 2.18 bits per heavy atom. The van der Waals surface area contributed by atoms with Gasteiger partial charge in [-0.25, -0.2) is 4.79 Å². The first-order valence-electron chi connectivity index (χ1n) is 5.62. The molecule has 0 fully saturated rings. The van der Waals surface area contributed by atoms with Crippen molar-refractivity contribution in [1.29, 1.82) is 0 Å². The van der Waals surface area contributed by atoms with Gasteiger partial charge in [-0.05, 0) is 18.1 Å². The van der Waals surface area contributed by atoms with Crippen LogP contribution in [0.25, 0.3) is 0 Å². The summed E-state index contributed by atoms with van der Waals surface area (Å²) in [6.07, 6.45) is 2.44. The molecule has 94 valence electrons. The average Bonchev–Trinajstić information content (AvgIpc) is 2.70. The van der Waals surface area contributed by atoms with Gasteiger partial charge in [0.15, 0.2) is 0 Å². The first-order chi connectivity index (χ1) is 7.97. The van der Waals surface area contributed by atoms with Crippen molar-refractivity contribution in [2.75, 3.05) is 0 Å². The number of aromatic nitrogens is 1. The van der Waals surface area contributed by atoms with E-state index >= 15 is 0 Å². The molecule has 1 unspecified atom stereocenters. The van der Waals surface area contributed by atoms with Crippen molar-refractivity contribution in [1.82, 2.24) is 9.88 Å². The number of nitrogens with one attached hydrogen (secondary N) is 1. The molecule has 2 atom stereocenters. The molecule has 0 saturated heterocycles. The van der Waals surface area contributed by atoms with Gasteiger partial charge in [0.2, 0.25) is 0 Å². The molecule has 0 aromatic carbocycles. The summed E-state index contributed by atoms with van der Waals surface area (Å²) < 4.78 is 1.66. The van der Waals surface area contributed by atoms with Gasteiger partial charge < -0.3 is 15.0 Å². The predicted molar refractivity (Wildman–Crippen MR) is 63.8 cm³/mol. The van der Waals surface area contributed by atoms with Gasteiger partial charge in [-0.3, -0.25) is 4.79 Å². The van der Waals surface area contributed by atoms with E-state index in [2.05, 4.69) is 5.32 Å². The molecule has 0 aliphatic carbocycles. The highest BCUT2D eigenvalue weighted by Gasteiger charge is 2.26. The monoisotopic (exact) mass is 238 g/mol. The Balaban J connectivity index is 2.78. The standard InChI is InChI=1S/C12H18N2O3/c1-4-8(2)10(12(16)17)13-11(15)9-6-5-7-14(9)3/h5-8,10H,4H2,1-3H3,(H,13,15)(H,16,17)/t8?,10-/m0/s1. The number of nitrogens with zero attached hydrogens (tertiary/aromatic N) is 1. The van der Waals surface area contributed by atoms with Gasteiger partial charge in [0.1, 0.15) is 11.7 Å². The maximum Gasteiger partial charge on any atom is 0.326 e. The highest BCUT2D eigenvalue weighted by Crippen LogP contribution is 2.09. The van der Waals surface area contributed by atoms with E-state index in [0.29, 0.717) is 12.1 Å². The van der Waals surface area contributed by atoms with Crippen LogP contribution in [-0.2, 0) is 11.8 Å². The highest BCUT2D eigenvalue weighted by atomic mass is 16.4. The van der Waals surface area contributed by atoms with Crippen LogP contribution in [0.1, 0.15) is 30.8 Å². The van der Waals surface area contributed by atoms with E-state index in [0.717, 1.165) is 0 Å². The maximum atomic E-state index is 11.9. The average molecular weight is 238 g/mol. The zero-order chi connectivity index (χ0) is 13.0. The van der Waals surface area contributed by atoms with Crippen molar-refractivity contribution in [2.45, 2.75) is 26.3 Å². The van der Waals surface area contributed by atoms with Gasteiger partial charge in [-0.2, -0.15) is 0 Å². The number of hydrogen-bond donors (Lipinski definition) is 2. The minimum absolute atomic E-state index is 0.100. The summed E-state index contributed by atoms with van der Waals surface area (Å²) in [5, 5.41) is 11.6. The molecular weight excluding hydrogens is 220 g/mol. The molecule has 0 saturated carbocycles. The van der Waals surface area contributed by atoms with Crippen LogP contribution in [0.2, 0.25) is 0 Å². The van der Waals surface area contributed by atoms with E-state index in [9.17, 15) is 9.59 Å². The van der Waals surface area contributed by atoms with Crippen LogP contribution in [0.3, 0.4) is 0 Å². The molecule has 0 aliphatic rings. The van der Waals surface area contributed by atoms with Gasteiger partial charge in [0.05, 0.1) is 0 Å². The third kappa shape index (κ3) is 3.09. The van der Waals surface area contributed by atoms with Gasteiger partial charge in [-0.1, -0.05) is 20.3 Å². The fraction of sp³-hybridized carbons (Fsp3) is 0.500. The van der Waals surface area contributed by atoms with Gasteiger partial charge >= 0.3 is 5.97 Å². The van der Waals surface area contributed by atoms with Crippen LogP contribution in [0, 0.1) is 5.92 Å². The number of carboxylic acid groups (broad SMARTS) is 1. The SMILES string of the molecule is CCC(C)[C@H](NC(=O)c1cccn1C)C(=O)O. The van der Waals surface area contributed by atoms with Crippen LogP contribution >= 0.6 is 0 Å². The number of rotatable bonds is 5. The summed E-state index contributed by atoms with van der Waals surface area (Å²) >= 11 is 0. The van der Waals surface area contributed by atoms with Gasteiger partial charge in [-0.15, -0.1) is 0 Å². The van der Waals surface area contributed by atoms with Crippen LogP contribution in [-0.4, -0.2) is 27.6 Å². The molecule has 1 heterocycles. The van der Waals surface area contributed by atoms with Crippen LogP contribution in [0.4, 0.5) is 0 Å². The van der Waals surface area contributed by atoms with Crippen molar-refractivity contribution in [2.24, 2.45) is 13.0 Å². The normalized spacial score (nSPS) is 14.1. The van der Waals surface area contributed by atoms with Crippen molar-refractivity contribution in [3.05, 3.63) is 24.0 Å². The zero-order valence-electron chi connectivity index (χ0n) is 10.3. The molecule has 0 radical (unpaired) electrons. The molecule has 0 spiro atoms. The van der Waals surface area contributed by atoms with Gasteiger partial charge in [0, 0.05) is 13.2 Å². The first kappa shape index (κ1) is 13.3. The van der Waals surface area contributed by atoms with E-state index in [4.69, 9.17) is 5.11 Å². The summed E-state index contributed by atoms with van der Waals surface area (Å²) in [6.45, 7) is 3.71. The summed E-state index contributed by atoms with van der Waals surface area (Å²) in [7, 11) is 1.74. The van der Waals surface area contributed by atoms with E-state index < -0.39 is 12.0 Å². The number of carbonyl (C=O) groups is 2. The lowest BCUT2D eigenvalue weighted by Crippen LogP contribution is -2.45. The number of carbonyl (C=O) groups excluding carboxylic acids is 1. The molecule has 2 N–H and O–H groups in total. The molecule has 1 aromatic heterocycles. The van der Waals surface area contributed by atoms with Crippen molar-refractivity contribution < 1.29 is 14.7 Å². The molecule has 5 heteroatoms. The molecular formula is C12H18N2O3. The molecule has 1 rings (SSSR count). The molecule has 5 nitrogen and oxygen atoms in total. The Labute approximate surface area is 100 Å². The van der Waals surface area contributed by atoms with E-state index in [1.165, 1.54) is 0 Å². The van der Waals surface area contributed by atoms with Crippen LogP contribution < -0.4 is 5.32 Å². The highest BCUT2D eigenvalue weighted by molar-refractivity contribution is 5.95. The van der Waals surface area contributed by atoms with Crippen LogP contribution in [0.15, 0.2) is 18.3 Å². The second kappa shape index (κ2) is 5.52. The van der Waals surface area contributed by atoms with Crippen molar-refractivity contribution in [3.63, 3.8) is 0 Å². The fourth-order valence-corrected chi connectivity index (χ4v) is 1.60. The fourth-order valence-electron chi connectivity index (χ4n) is 1.60. The lowest BCUT2D eigenvalue weighted by molar-refractivity contribution is -0.140. The third-order valence-electron chi connectivity index (χ3n) is 2.94. The van der Waals surface area contributed by atoms with E-state index in [-0.39, 0.29) is 11.8 Å². The van der Waals surface area contributed by atoms with E-state index in [1.54, 1.807) is 29.9 Å². The van der Waals surface area contributed by atoms with Crippen molar-refractivity contribution in [3.8, 4) is 0 Å². The topological polar surface area (TPSA) is 71.3 Å². The predicted octanol–water partition coefficient (Wildman–Crippen LogP) is 1.25. The third-order valence-corrected chi connectivity index (χ3v) is 2.94. The number of amides is 1. The number of carboxylic acids is 1. The minimum Gasteiger partial charge on any atom is -0.480 e. The molecule has 17 heavy (non-hydrogen) atoms. The quantitative estimate of drug-likeness (QED) is 0.811. The largest absolute Gasteiger partial charge is 0.480 e. The Kier molecular flexibility index (Phi) is 4.31. The Bertz CT molecular complexity index is 412. The van der Waals surface area contributed by atoms with Crippen molar-refractivity contribution >= 4 is 11.9 Å². The van der Waals surface area contributed by atoms with Crippen LogP contribution in [0.5, 0.6) is 0 Å². The second-order valence-electron chi connectivity index (χ2n) is 4.18. The Hall–Kier alpha value is -1.78. The number of aryl methyl sites for hydroxylation is 1. The lowest BCUT2D eigenvalue weighted by Gasteiger charge is -2.20. The molecule has 0 bridgehead atoms. The summed E-state index contributed by atoms with van der Waals surface area (Å²) in [5.74, 6) is -1.45. The number of hydrogen-bond acceptors (Lipinski definition) is 2. The Morgan fingerprint density at radius 3 is 2.59 bits per heavy atom. The summed E-state index contributed by atoms with van der Waals surface area (Å²) in [6, 6.07) is 2.56. The minimum atomic E-state index is -0.998. The first-order valence-corrected chi connectivity index (χ1v) is 5.62. The van der Waals surface area contributed by atoms with E-state index in [1.807, 2.05) is 13.8 Å². The second-order valence-corrected chi connectivity index (χ2v) is 4.18. The lowest BCUT2D eigenvalue weighted by atomic mass is 9.99. The Morgan fingerprint density at radius 1 is 1.53 bits per heavy atom. The smallest absolute Gasteiger partial charge is 0.326 e. The summed E-state index contributed by atoms with van der Waals surface area (Å²) in [4.78, 5) is 22.9. The number of aliphatic carboxylic acids is 1.